The molecule has 0 fully saturated rings. The maximum atomic E-state index is 5.81. The van der Waals surface area contributed by atoms with E-state index in [0.29, 0.717) is 0 Å². The molecule has 0 atom stereocenters. The first-order valence-corrected chi connectivity index (χ1v) is 6.67. The van der Waals surface area contributed by atoms with E-state index in [-0.39, 0.29) is 0 Å². The van der Waals surface area contributed by atoms with E-state index in [1.807, 2.05) is 18.2 Å². The first-order chi connectivity index (χ1) is 8.56. The van der Waals surface area contributed by atoms with Gasteiger partial charge in [0.1, 0.15) is 0 Å². The van der Waals surface area contributed by atoms with Crippen LogP contribution in [0.25, 0.3) is 0 Å². The molecule has 3 heteroatoms. The largest absolute Gasteiger partial charge is 0.399 e. The highest BCUT2D eigenvalue weighted by Crippen LogP contribution is 2.21. The molecule has 0 aliphatic heterocycles. The summed E-state index contributed by atoms with van der Waals surface area (Å²) in [7, 11) is 2.08. The SMILES string of the molecule is Cc1ccc(Br)cc1CN(C)c1cccc(N)c1. The van der Waals surface area contributed by atoms with Crippen LogP contribution in [0.5, 0.6) is 0 Å². The van der Waals surface area contributed by atoms with Gasteiger partial charge in [0.15, 0.2) is 0 Å². The highest BCUT2D eigenvalue weighted by atomic mass is 79.9. The molecule has 0 spiro atoms. The summed E-state index contributed by atoms with van der Waals surface area (Å²) in [5.74, 6) is 0. The Morgan fingerprint density at radius 1 is 1.17 bits per heavy atom. The van der Waals surface area contributed by atoms with Crippen LogP contribution in [-0.2, 0) is 6.54 Å². The number of anilines is 2. The summed E-state index contributed by atoms with van der Waals surface area (Å²) >= 11 is 3.52. The third-order valence-electron chi connectivity index (χ3n) is 3.03. The van der Waals surface area contributed by atoms with Crippen molar-refractivity contribution in [2.75, 3.05) is 17.7 Å². The monoisotopic (exact) mass is 304 g/mol. The van der Waals surface area contributed by atoms with Gasteiger partial charge in [-0.05, 0) is 48.4 Å². The van der Waals surface area contributed by atoms with Crippen LogP contribution in [0.3, 0.4) is 0 Å². The van der Waals surface area contributed by atoms with Crippen LogP contribution in [0.15, 0.2) is 46.9 Å². The summed E-state index contributed by atoms with van der Waals surface area (Å²) in [5.41, 5.74) is 10.4. The van der Waals surface area contributed by atoms with E-state index in [4.69, 9.17) is 5.73 Å². The highest BCUT2D eigenvalue weighted by molar-refractivity contribution is 9.10. The predicted octanol–water partition coefficient (Wildman–Crippen LogP) is 3.98. The quantitative estimate of drug-likeness (QED) is 0.869. The van der Waals surface area contributed by atoms with Crippen LogP contribution < -0.4 is 10.6 Å². The molecule has 0 aliphatic carbocycles. The molecule has 2 rings (SSSR count). The number of nitrogen functional groups attached to an aromatic ring is 1. The lowest BCUT2D eigenvalue weighted by Crippen LogP contribution is -2.17. The predicted molar refractivity (Wildman–Crippen MR) is 81.8 cm³/mol. The van der Waals surface area contributed by atoms with E-state index in [0.717, 1.165) is 22.4 Å². The Morgan fingerprint density at radius 2 is 1.94 bits per heavy atom. The zero-order valence-corrected chi connectivity index (χ0v) is 12.2. The second kappa shape index (κ2) is 5.44. The molecule has 0 radical (unpaired) electrons. The van der Waals surface area contributed by atoms with Gasteiger partial charge in [0.2, 0.25) is 0 Å². The number of nitrogens with two attached hydrogens (primary N) is 1. The number of hydrogen-bond donors (Lipinski definition) is 1. The van der Waals surface area contributed by atoms with E-state index < -0.39 is 0 Å². The molecule has 2 nitrogen and oxygen atoms in total. The summed E-state index contributed by atoms with van der Waals surface area (Å²) in [5, 5.41) is 0. The molecule has 2 N–H and O–H groups in total. The second-order valence-electron chi connectivity index (χ2n) is 4.52. The topological polar surface area (TPSA) is 29.3 Å². The van der Waals surface area contributed by atoms with Gasteiger partial charge in [-0.15, -0.1) is 0 Å². The van der Waals surface area contributed by atoms with Gasteiger partial charge >= 0.3 is 0 Å². The van der Waals surface area contributed by atoms with E-state index in [2.05, 4.69) is 59.1 Å². The maximum absolute atomic E-state index is 5.81. The Morgan fingerprint density at radius 3 is 2.67 bits per heavy atom. The number of aryl methyl sites for hydroxylation is 1. The van der Waals surface area contributed by atoms with Gasteiger partial charge in [0, 0.05) is 29.4 Å². The minimum Gasteiger partial charge on any atom is -0.399 e. The van der Waals surface area contributed by atoms with Crippen molar-refractivity contribution in [1.82, 2.24) is 0 Å². The van der Waals surface area contributed by atoms with Gasteiger partial charge in [0.05, 0.1) is 0 Å². The fourth-order valence-electron chi connectivity index (χ4n) is 1.92. The van der Waals surface area contributed by atoms with Gasteiger partial charge in [-0.25, -0.2) is 0 Å². The molecule has 2 aromatic carbocycles. The molecule has 0 saturated heterocycles. The standard InChI is InChI=1S/C15H17BrN2/c1-11-6-7-13(16)8-12(11)10-18(2)15-5-3-4-14(17)9-15/h3-9H,10,17H2,1-2H3. The van der Waals surface area contributed by atoms with E-state index >= 15 is 0 Å². The molecule has 0 unspecified atom stereocenters. The van der Waals surface area contributed by atoms with E-state index in [1.165, 1.54) is 11.1 Å². The smallest absolute Gasteiger partial charge is 0.0429 e. The first kappa shape index (κ1) is 13.0. The molecule has 0 bridgehead atoms. The van der Waals surface area contributed by atoms with Crippen molar-refractivity contribution in [3.8, 4) is 0 Å². The van der Waals surface area contributed by atoms with Crippen molar-refractivity contribution in [1.29, 1.82) is 0 Å². The average molecular weight is 305 g/mol. The number of nitrogens with zero attached hydrogens (tertiary/aromatic N) is 1. The van der Waals surface area contributed by atoms with E-state index in [9.17, 15) is 0 Å². The van der Waals surface area contributed by atoms with Crippen molar-refractivity contribution in [3.05, 3.63) is 58.1 Å². The van der Waals surface area contributed by atoms with Crippen LogP contribution in [0.1, 0.15) is 11.1 Å². The van der Waals surface area contributed by atoms with Crippen LogP contribution in [0, 0.1) is 6.92 Å². The van der Waals surface area contributed by atoms with Crippen molar-refractivity contribution in [2.24, 2.45) is 0 Å². The molecule has 0 aromatic heterocycles. The third-order valence-corrected chi connectivity index (χ3v) is 3.52. The molecule has 0 amide bonds. The lowest BCUT2D eigenvalue weighted by Gasteiger charge is -2.21. The zero-order chi connectivity index (χ0) is 13.1. The van der Waals surface area contributed by atoms with Crippen LogP contribution >= 0.6 is 15.9 Å². The fraction of sp³-hybridized carbons (Fsp3) is 0.200. The Hall–Kier alpha value is -1.48. The Kier molecular flexibility index (Phi) is 3.92. The van der Waals surface area contributed by atoms with E-state index in [1.54, 1.807) is 0 Å². The van der Waals surface area contributed by atoms with Gasteiger partial charge in [0.25, 0.3) is 0 Å². The van der Waals surface area contributed by atoms with Gasteiger partial charge in [-0.2, -0.15) is 0 Å². The molecule has 94 valence electrons. The average Bonchev–Trinajstić information content (AvgIpc) is 2.34. The highest BCUT2D eigenvalue weighted by Gasteiger charge is 2.05. The van der Waals surface area contributed by atoms with Gasteiger partial charge in [-0.3, -0.25) is 0 Å². The van der Waals surface area contributed by atoms with Crippen LogP contribution in [0.4, 0.5) is 11.4 Å². The fourth-order valence-corrected chi connectivity index (χ4v) is 2.33. The summed E-state index contributed by atoms with van der Waals surface area (Å²) in [6.07, 6.45) is 0. The summed E-state index contributed by atoms with van der Waals surface area (Å²) in [6, 6.07) is 14.3. The van der Waals surface area contributed by atoms with Crippen molar-refractivity contribution in [2.45, 2.75) is 13.5 Å². The minimum absolute atomic E-state index is 0.797. The molecule has 2 aromatic rings. The maximum Gasteiger partial charge on any atom is 0.0429 e. The normalized spacial score (nSPS) is 10.4. The van der Waals surface area contributed by atoms with Crippen molar-refractivity contribution in [3.63, 3.8) is 0 Å². The molecular formula is C15H17BrN2. The van der Waals surface area contributed by atoms with Gasteiger partial charge < -0.3 is 10.6 Å². The zero-order valence-electron chi connectivity index (χ0n) is 10.7. The third kappa shape index (κ3) is 3.05. The van der Waals surface area contributed by atoms with Crippen LogP contribution in [-0.4, -0.2) is 7.05 Å². The molecule has 0 saturated carbocycles. The molecular weight excluding hydrogens is 288 g/mol. The number of halogens is 1. The number of hydrogen-bond acceptors (Lipinski definition) is 2. The summed E-state index contributed by atoms with van der Waals surface area (Å²) in [6.45, 7) is 3.00. The minimum atomic E-state index is 0.797. The van der Waals surface area contributed by atoms with Gasteiger partial charge in [-0.1, -0.05) is 28.1 Å². The molecule has 0 heterocycles. The number of benzene rings is 2. The number of rotatable bonds is 3. The Bertz CT molecular complexity index is 552. The lowest BCUT2D eigenvalue weighted by molar-refractivity contribution is 0.914. The van der Waals surface area contributed by atoms with Crippen molar-refractivity contribution >= 4 is 27.3 Å². The Labute approximate surface area is 117 Å². The van der Waals surface area contributed by atoms with Crippen molar-refractivity contribution < 1.29 is 0 Å². The second-order valence-corrected chi connectivity index (χ2v) is 5.44. The summed E-state index contributed by atoms with van der Waals surface area (Å²) in [4.78, 5) is 2.20. The molecule has 0 aliphatic rings. The molecule has 18 heavy (non-hydrogen) atoms. The van der Waals surface area contributed by atoms with Crippen LogP contribution in [0.2, 0.25) is 0 Å². The lowest BCUT2D eigenvalue weighted by atomic mass is 10.1. The first-order valence-electron chi connectivity index (χ1n) is 5.88. The summed E-state index contributed by atoms with van der Waals surface area (Å²) < 4.78 is 1.11. The Balaban J connectivity index is 2.21.